The molecule has 0 aliphatic heterocycles. The molecule has 3 nitrogen and oxygen atoms in total. The maximum absolute atomic E-state index is 11.2. The first-order valence-electron chi connectivity index (χ1n) is 7.65. The summed E-state index contributed by atoms with van der Waals surface area (Å²) in [6.45, 7) is 1.49. The average Bonchev–Trinajstić information content (AvgIpc) is 2.49. The van der Waals surface area contributed by atoms with Crippen LogP contribution in [0.15, 0.2) is 42.5 Å². The molecular formula is C18H21NO2. The van der Waals surface area contributed by atoms with Crippen LogP contribution in [0.1, 0.15) is 32.6 Å². The number of rotatable bonds is 3. The number of benzene rings is 2. The summed E-state index contributed by atoms with van der Waals surface area (Å²) >= 11 is 0. The molecule has 2 aromatic carbocycles. The van der Waals surface area contributed by atoms with Crippen molar-refractivity contribution < 1.29 is 9.53 Å². The Morgan fingerprint density at radius 3 is 2.67 bits per heavy atom. The smallest absolute Gasteiger partial charge is 0.302 e. The number of hydrogen-bond acceptors (Lipinski definition) is 3. The van der Waals surface area contributed by atoms with Crippen molar-refractivity contribution in [3.8, 4) is 0 Å². The Hall–Kier alpha value is -2.03. The minimum absolute atomic E-state index is 0.0114. The lowest BCUT2D eigenvalue weighted by Gasteiger charge is -2.32. The Balaban J connectivity index is 1.77. The summed E-state index contributed by atoms with van der Waals surface area (Å²) in [7, 11) is 0. The van der Waals surface area contributed by atoms with Crippen molar-refractivity contribution >= 4 is 22.4 Å². The van der Waals surface area contributed by atoms with Crippen LogP contribution in [-0.2, 0) is 9.53 Å². The Labute approximate surface area is 125 Å². The van der Waals surface area contributed by atoms with Gasteiger partial charge in [-0.05, 0) is 42.2 Å². The summed E-state index contributed by atoms with van der Waals surface area (Å²) < 4.78 is 5.46. The number of fused-ring (bicyclic) bond motifs is 1. The highest BCUT2D eigenvalue weighted by atomic mass is 16.5. The first-order valence-corrected chi connectivity index (χ1v) is 7.65. The molecule has 3 rings (SSSR count). The summed E-state index contributed by atoms with van der Waals surface area (Å²) in [6, 6.07) is 14.9. The molecule has 1 aliphatic carbocycles. The van der Waals surface area contributed by atoms with Crippen molar-refractivity contribution in [3.05, 3.63) is 42.5 Å². The molecule has 1 aliphatic rings. The SMILES string of the molecule is CC(=O)O[C@@H]1CCCC[C@H]1Nc1ccc2ccccc2c1. The highest BCUT2D eigenvalue weighted by Gasteiger charge is 2.27. The summed E-state index contributed by atoms with van der Waals surface area (Å²) in [5.74, 6) is -0.188. The molecule has 1 saturated carbocycles. The number of anilines is 1. The zero-order valence-corrected chi connectivity index (χ0v) is 12.3. The normalized spacial score (nSPS) is 22.0. The maximum atomic E-state index is 11.2. The van der Waals surface area contributed by atoms with Gasteiger partial charge in [-0.25, -0.2) is 0 Å². The second-order valence-corrected chi connectivity index (χ2v) is 5.75. The van der Waals surface area contributed by atoms with Crippen LogP contribution in [0.2, 0.25) is 0 Å². The average molecular weight is 283 g/mol. The van der Waals surface area contributed by atoms with E-state index in [1.165, 1.54) is 24.1 Å². The molecule has 0 spiro atoms. The fourth-order valence-corrected chi connectivity index (χ4v) is 3.11. The van der Waals surface area contributed by atoms with Crippen LogP contribution in [-0.4, -0.2) is 18.1 Å². The van der Waals surface area contributed by atoms with Gasteiger partial charge in [-0.2, -0.15) is 0 Å². The van der Waals surface area contributed by atoms with E-state index < -0.39 is 0 Å². The van der Waals surface area contributed by atoms with E-state index in [2.05, 4.69) is 35.6 Å². The molecule has 110 valence electrons. The zero-order chi connectivity index (χ0) is 14.7. The van der Waals surface area contributed by atoms with Crippen molar-refractivity contribution in [2.45, 2.75) is 44.8 Å². The molecule has 2 aromatic rings. The van der Waals surface area contributed by atoms with Crippen LogP contribution in [0.25, 0.3) is 10.8 Å². The molecule has 1 fully saturated rings. The second kappa shape index (κ2) is 6.17. The molecule has 0 heterocycles. The monoisotopic (exact) mass is 283 g/mol. The number of ether oxygens (including phenoxy) is 1. The predicted molar refractivity (Wildman–Crippen MR) is 85.4 cm³/mol. The Morgan fingerprint density at radius 1 is 1.10 bits per heavy atom. The van der Waals surface area contributed by atoms with Gasteiger partial charge in [0.2, 0.25) is 0 Å². The van der Waals surface area contributed by atoms with Crippen molar-refractivity contribution in [1.82, 2.24) is 0 Å². The Morgan fingerprint density at radius 2 is 1.86 bits per heavy atom. The van der Waals surface area contributed by atoms with Crippen molar-refractivity contribution in [2.75, 3.05) is 5.32 Å². The van der Waals surface area contributed by atoms with Gasteiger partial charge in [-0.3, -0.25) is 4.79 Å². The zero-order valence-electron chi connectivity index (χ0n) is 12.3. The molecule has 3 heteroatoms. The molecule has 0 aromatic heterocycles. The van der Waals surface area contributed by atoms with Gasteiger partial charge in [-0.1, -0.05) is 36.8 Å². The molecular weight excluding hydrogens is 262 g/mol. The summed E-state index contributed by atoms with van der Waals surface area (Å²) in [5, 5.41) is 6.01. The highest BCUT2D eigenvalue weighted by molar-refractivity contribution is 5.85. The van der Waals surface area contributed by atoms with Crippen molar-refractivity contribution in [3.63, 3.8) is 0 Å². The minimum Gasteiger partial charge on any atom is -0.460 e. The molecule has 0 amide bonds. The first kappa shape index (κ1) is 13.9. The van der Waals surface area contributed by atoms with Crippen LogP contribution in [0.4, 0.5) is 5.69 Å². The first-order chi connectivity index (χ1) is 10.2. The number of hydrogen-bond donors (Lipinski definition) is 1. The van der Waals surface area contributed by atoms with Gasteiger partial charge < -0.3 is 10.1 Å². The van der Waals surface area contributed by atoms with E-state index >= 15 is 0 Å². The number of carbonyl (C=O) groups is 1. The van der Waals surface area contributed by atoms with Gasteiger partial charge in [0.1, 0.15) is 6.10 Å². The lowest BCUT2D eigenvalue weighted by Crippen LogP contribution is -2.39. The highest BCUT2D eigenvalue weighted by Crippen LogP contribution is 2.26. The molecule has 0 saturated heterocycles. The molecule has 1 N–H and O–H groups in total. The van der Waals surface area contributed by atoms with Gasteiger partial charge in [-0.15, -0.1) is 0 Å². The third-order valence-corrected chi connectivity index (χ3v) is 4.12. The molecule has 0 unspecified atom stereocenters. The van der Waals surface area contributed by atoms with E-state index in [-0.39, 0.29) is 18.1 Å². The Kier molecular flexibility index (Phi) is 4.09. The number of carbonyl (C=O) groups excluding carboxylic acids is 1. The standard InChI is InChI=1S/C18H21NO2/c1-13(20)21-18-9-5-4-8-17(18)19-16-11-10-14-6-2-3-7-15(14)12-16/h2-3,6-7,10-12,17-19H,4-5,8-9H2,1H3/t17-,18-/m1/s1. The van der Waals surface area contributed by atoms with Gasteiger partial charge in [0, 0.05) is 12.6 Å². The van der Waals surface area contributed by atoms with E-state index in [0.717, 1.165) is 24.9 Å². The quantitative estimate of drug-likeness (QED) is 0.861. The summed E-state index contributed by atoms with van der Waals surface area (Å²) in [5.41, 5.74) is 1.10. The predicted octanol–water partition coefficient (Wildman–Crippen LogP) is 4.13. The van der Waals surface area contributed by atoms with Crippen LogP contribution < -0.4 is 5.32 Å². The van der Waals surface area contributed by atoms with Crippen LogP contribution in [0.3, 0.4) is 0 Å². The van der Waals surface area contributed by atoms with Crippen LogP contribution in [0, 0.1) is 0 Å². The van der Waals surface area contributed by atoms with E-state index in [1.807, 2.05) is 12.1 Å². The van der Waals surface area contributed by atoms with E-state index in [1.54, 1.807) is 0 Å². The van der Waals surface area contributed by atoms with Gasteiger partial charge in [0.05, 0.1) is 6.04 Å². The number of nitrogens with one attached hydrogen (secondary N) is 1. The van der Waals surface area contributed by atoms with Crippen molar-refractivity contribution in [1.29, 1.82) is 0 Å². The van der Waals surface area contributed by atoms with E-state index in [9.17, 15) is 4.79 Å². The molecule has 21 heavy (non-hydrogen) atoms. The van der Waals surface area contributed by atoms with Gasteiger partial charge in [0.25, 0.3) is 0 Å². The van der Waals surface area contributed by atoms with Crippen LogP contribution in [0.5, 0.6) is 0 Å². The van der Waals surface area contributed by atoms with Crippen molar-refractivity contribution in [2.24, 2.45) is 0 Å². The molecule has 0 radical (unpaired) electrons. The minimum atomic E-state index is -0.188. The molecule has 0 bridgehead atoms. The molecule has 2 atom stereocenters. The van der Waals surface area contributed by atoms with E-state index in [0.29, 0.717) is 0 Å². The van der Waals surface area contributed by atoms with E-state index in [4.69, 9.17) is 4.74 Å². The fourth-order valence-electron chi connectivity index (χ4n) is 3.11. The summed E-state index contributed by atoms with van der Waals surface area (Å²) in [6.07, 6.45) is 4.30. The lowest BCUT2D eigenvalue weighted by molar-refractivity contribution is -0.148. The largest absolute Gasteiger partial charge is 0.460 e. The lowest BCUT2D eigenvalue weighted by atomic mass is 9.92. The Bertz CT molecular complexity index is 638. The maximum Gasteiger partial charge on any atom is 0.302 e. The van der Waals surface area contributed by atoms with Gasteiger partial charge in [0.15, 0.2) is 0 Å². The summed E-state index contributed by atoms with van der Waals surface area (Å²) in [4.78, 5) is 11.2. The second-order valence-electron chi connectivity index (χ2n) is 5.75. The van der Waals surface area contributed by atoms with Gasteiger partial charge >= 0.3 is 5.97 Å². The third-order valence-electron chi connectivity index (χ3n) is 4.12. The fraction of sp³-hybridized carbons (Fsp3) is 0.389. The topological polar surface area (TPSA) is 38.3 Å². The number of esters is 1. The third kappa shape index (κ3) is 3.35. The van der Waals surface area contributed by atoms with Crippen LogP contribution >= 0.6 is 0 Å².